The molecule has 3 aromatic rings. The molecule has 0 atom stereocenters. The molecule has 0 spiro atoms. The van der Waals surface area contributed by atoms with Crippen LogP contribution in [0.3, 0.4) is 0 Å². The Kier molecular flexibility index (Phi) is 3.63. The molecule has 3 rings (SSSR count). The maximum atomic E-state index is 13.9. The van der Waals surface area contributed by atoms with Gasteiger partial charge in [-0.25, -0.2) is 4.39 Å². The third-order valence-corrected chi connectivity index (χ3v) is 3.99. The number of aromatic nitrogens is 3. The summed E-state index contributed by atoms with van der Waals surface area (Å²) >= 11 is 1.03. The molecule has 0 aliphatic carbocycles. The van der Waals surface area contributed by atoms with Crippen LogP contribution in [0.1, 0.15) is 0 Å². The summed E-state index contributed by atoms with van der Waals surface area (Å²) in [5.74, 6) is 0.377. The molecule has 0 aliphatic heterocycles. The Bertz CT molecular complexity index is 832. The third-order valence-electron chi connectivity index (χ3n) is 2.90. The van der Waals surface area contributed by atoms with Gasteiger partial charge >= 0.3 is 0 Å². The molecular weight excluding hydrogens is 311 g/mol. The summed E-state index contributed by atoms with van der Waals surface area (Å²) < 4.78 is 20.8. The van der Waals surface area contributed by atoms with Gasteiger partial charge in [0.2, 0.25) is 0 Å². The van der Waals surface area contributed by atoms with Crippen molar-refractivity contribution in [2.24, 2.45) is 7.05 Å². The Morgan fingerprint density at radius 2 is 2.18 bits per heavy atom. The number of furan rings is 1. The van der Waals surface area contributed by atoms with Gasteiger partial charge in [0, 0.05) is 13.1 Å². The Labute approximate surface area is 127 Å². The zero-order chi connectivity index (χ0) is 15.7. The molecular formula is C13H9FN4O3S. The van der Waals surface area contributed by atoms with Crippen molar-refractivity contribution in [3.8, 4) is 11.6 Å². The first-order chi connectivity index (χ1) is 10.6. The van der Waals surface area contributed by atoms with Gasteiger partial charge < -0.3 is 8.98 Å². The molecule has 0 amide bonds. The van der Waals surface area contributed by atoms with Crippen LogP contribution in [0, 0.1) is 15.9 Å². The lowest BCUT2D eigenvalue weighted by Crippen LogP contribution is -1.95. The second-order valence-electron chi connectivity index (χ2n) is 4.32. The van der Waals surface area contributed by atoms with Gasteiger partial charge in [0.1, 0.15) is 5.82 Å². The predicted octanol–water partition coefficient (Wildman–Crippen LogP) is 3.27. The quantitative estimate of drug-likeness (QED) is 0.541. The number of benzene rings is 1. The minimum absolute atomic E-state index is 0.229. The number of hydrogen-bond donors (Lipinski definition) is 0. The highest BCUT2D eigenvalue weighted by molar-refractivity contribution is 7.99. The number of non-ortho nitro benzene ring substituents is 1. The first-order valence-electron chi connectivity index (χ1n) is 6.11. The molecule has 0 bridgehead atoms. The topological polar surface area (TPSA) is 87.0 Å². The van der Waals surface area contributed by atoms with E-state index in [1.54, 1.807) is 23.7 Å². The SMILES string of the molecule is Cn1c(Sc2ccc([N+](=O)[O-])cc2F)nnc1-c1ccco1. The average molecular weight is 320 g/mol. The van der Waals surface area contributed by atoms with Crippen molar-refractivity contribution in [2.45, 2.75) is 10.1 Å². The highest BCUT2D eigenvalue weighted by atomic mass is 32.2. The van der Waals surface area contributed by atoms with Crippen LogP contribution in [0.15, 0.2) is 51.1 Å². The number of nitro groups is 1. The highest BCUT2D eigenvalue weighted by Gasteiger charge is 2.17. The standard InChI is InChI=1S/C13H9FN4O3S/c1-17-12(10-3-2-6-21-10)15-16-13(17)22-11-5-4-8(18(19)20)7-9(11)14/h2-7H,1H3. The monoisotopic (exact) mass is 320 g/mol. The van der Waals surface area contributed by atoms with E-state index in [4.69, 9.17) is 4.42 Å². The van der Waals surface area contributed by atoms with Gasteiger partial charge in [-0.3, -0.25) is 10.1 Å². The Hall–Kier alpha value is -2.68. The number of rotatable bonds is 4. The summed E-state index contributed by atoms with van der Waals surface area (Å²) in [4.78, 5) is 10.2. The zero-order valence-electron chi connectivity index (χ0n) is 11.3. The van der Waals surface area contributed by atoms with E-state index in [-0.39, 0.29) is 10.6 Å². The molecule has 0 radical (unpaired) electrons. The largest absolute Gasteiger partial charge is 0.461 e. The van der Waals surface area contributed by atoms with Crippen molar-refractivity contribution in [3.63, 3.8) is 0 Å². The predicted molar refractivity (Wildman–Crippen MR) is 75.9 cm³/mol. The van der Waals surface area contributed by atoms with Crippen LogP contribution in [-0.2, 0) is 7.05 Å². The fraction of sp³-hybridized carbons (Fsp3) is 0.0769. The van der Waals surface area contributed by atoms with Crippen molar-refractivity contribution in [1.82, 2.24) is 14.8 Å². The van der Waals surface area contributed by atoms with Crippen LogP contribution in [-0.4, -0.2) is 19.7 Å². The van der Waals surface area contributed by atoms with E-state index in [9.17, 15) is 14.5 Å². The first kappa shape index (κ1) is 14.3. The summed E-state index contributed by atoms with van der Waals surface area (Å²) in [6.45, 7) is 0. The molecule has 0 saturated carbocycles. The van der Waals surface area contributed by atoms with Crippen LogP contribution in [0.5, 0.6) is 0 Å². The van der Waals surface area contributed by atoms with Gasteiger partial charge in [-0.1, -0.05) is 0 Å². The van der Waals surface area contributed by atoms with Crippen molar-refractivity contribution in [2.75, 3.05) is 0 Å². The maximum absolute atomic E-state index is 13.9. The van der Waals surface area contributed by atoms with E-state index < -0.39 is 10.7 Å². The number of halogens is 1. The minimum atomic E-state index is -0.679. The van der Waals surface area contributed by atoms with Crippen LogP contribution < -0.4 is 0 Å². The summed E-state index contributed by atoms with van der Waals surface area (Å²) in [7, 11) is 1.73. The van der Waals surface area contributed by atoms with E-state index >= 15 is 0 Å². The molecule has 0 fully saturated rings. The Morgan fingerprint density at radius 3 is 2.82 bits per heavy atom. The Morgan fingerprint density at radius 1 is 1.36 bits per heavy atom. The van der Waals surface area contributed by atoms with E-state index in [1.165, 1.54) is 18.4 Å². The van der Waals surface area contributed by atoms with E-state index in [1.807, 2.05) is 0 Å². The zero-order valence-corrected chi connectivity index (χ0v) is 12.1. The summed E-state index contributed by atoms with van der Waals surface area (Å²) in [5.41, 5.74) is -0.295. The van der Waals surface area contributed by atoms with Crippen LogP contribution in [0.2, 0.25) is 0 Å². The van der Waals surface area contributed by atoms with E-state index in [0.29, 0.717) is 16.7 Å². The normalized spacial score (nSPS) is 10.8. The number of nitro benzene ring substituents is 1. The van der Waals surface area contributed by atoms with Crippen molar-refractivity contribution in [1.29, 1.82) is 0 Å². The van der Waals surface area contributed by atoms with Gasteiger partial charge in [0.15, 0.2) is 16.7 Å². The van der Waals surface area contributed by atoms with Gasteiger partial charge in [0.05, 0.1) is 22.1 Å². The lowest BCUT2D eigenvalue weighted by molar-refractivity contribution is -0.385. The number of nitrogens with zero attached hydrogens (tertiary/aromatic N) is 4. The lowest BCUT2D eigenvalue weighted by Gasteiger charge is -2.03. The molecule has 112 valence electrons. The maximum Gasteiger partial charge on any atom is 0.272 e. The van der Waals surface area contributed by atoms with Crippen LogP contribution >= 0.6 is 11.8 Å². The average Bonchev–Trinajstić information content (AvgIpc) is 3.11. The first-order valence-corrected chi connectivity index (χ1v) is 6.93. The second kappa shape index (κ2) is 5.60. The molecule has 7 nitrogen and oxygen atoms in total. The number of hydrogen-bond acceptors (Lipinski definition) is 6. The van der Waals surface area contributed by atoms with E-state index in [2.05, 4.69) is 10.2 Å². The Balaban J connectivity index is 1.90. The summed E-state index contributed by atoms with van der Waals surface area (Å²) in [5, 5.41) is 19.0. The van der Waals surface area contributed by atoms with Crippen molar-refractivity contribution >= 4 is 17.4 Å². The second-order valence-corrected chi connectivity index (χ2v) is 5.33. The third kappa shape index (κ3) is 2.58. The van der Waals surface area contributed by atoms with E-state index in [0.717, 1.165) is 17.8 Å². The van der Waals surface area contributed by atoms with Crippen molar-refractivity contribution < 1.29 is 13.7 Å². The molecule has 0 saturated heterocycles. The van der Waals surface area contributed by atoms with Gasteiger partial charge in [-0.2, -0.15) is 0 Å². The molecule has 0 aliphatic rings. The van der Waals surface area contributed by atoms with Crippen LogP contribution in [0.4, 0.5) is 10.1 Å². The van der Waals surface area contributed by atoms with Gasteiger partial charge in [0.25, 0.3) is 5.69 Å². The molecule has 9 heteroatoms. The molecule has 22 heavy (non-hydrogen) atoms. The highest BCUT2D eigenvalue weighted by Crippen LogP contribution is 2.32. The molecule has 2 heterocycles. The summed E-state index contributed by atoms with van der Waals surface area (Å²) in [6, 6.07) is 6.94. The molecule has 0 unspecified atom stereocenters. The van der Waals surface area contributed by atoms with Crippen LogP contribution in [0.25, 0.3) is 11.6 Å². The summed E-state index contributed by atoms with van der Waals surface area (Å²) in [6.07, 6.45) is 1.52. The fourth-order valence-electron chi connectivity index (χ4n) is 1.81. The lowest BCUT2D eigenvalue weighted by atomic mass is 10.3. The van der Waals surface area contributed by atoms with Gasteiger partial charge in [-0.15, -0.1) is 10.2 Å². The molecule has 2 aromatic heterocycles. The smallest absolute Gasteiger partial charge is 0.272 e. The molecule has 0 N–H and O–H groups in total. The molecule has 1 aromatic carbocycles. The van der Waals surface area contributed by atoms with Crippen molar-refractivity contribution in [3.05, 3.63) is 52.5 Å². The minimum Gasteiger partial charge on any atom is -0.461 e. The fourth-order valence-corrected chi connectivity index (χ4v) is 2.60. The van der Waals surface area contributed by atoms with Gasteiger partial charge in [-0.05, 0) is 30.0 Å².